The molecule has 0 fully saturated rings. The summed E-state index contributed by atoms with van der Waals surface area (Å²) in [6.45, 7) is 1.63. The van der Waals surface area contributed by atoms with Gasteiger partial charge in [0.05, 0.1) is 18.9 Å². The second-order valence-electron chi connectivity index (χ2n) is 7.76. The molecule has 1 N–H and O–H groups in total. The van der Waals surface area contributed by atoms with E-state index >= 15 is 0 Å². The molecule has 0 saturated heterocycles. The highest BCUT2D eigenvalue weighted by molar-refractivity contribution is 9.10. The number of rotatable bonds is 8. The monoisotopic (exact) mass is 546 g/mol. The minimum atomic E-state index is -0.775. The molecule has 4 rings (SSSR count). The maximum absolute atomic E-state index is 12.8. The van der Waals surface area contributed by atoms with E-state index in [-0.39, 0.29) is 0 Å². The fourth-order valence-corrected chi connectivity index (χ4v) is 3.67. The van der Waals surface area contributed by atoms with Crippen molar-refractivity contribution in [2.45, 2.75) is 13.0 Å². The largest absolute Gasteiger partial charge is 0.497 e. The third-order valence-electron chi connectivity index (χ3n) is 5.32. The number of methoxy groups -OCH3 is 1. The number of amides is 1. The van der Waals surface area contributed by atoms with Crippen molar-refractivity contribution in [3.05, 3.63) is 101 Å². The number of benzene rings is 4. The molecule has 7 nitrogen and oxygen atoms in total. The molecule has 36 heavy (non-hydrogen) atoms. The van der Waals surface area contributed by atoms with Crippen molar-refractivity contribution in [2.75, 3.05) is 7.11 Å². The first-order chi connectivity index (χ1) is 17.4. The van der Waals surface area contributed by atoms with E-state index in [1.165, 1.54) is 6.21 Å². The molecule has 0 aliphatic rings. The summed E-state index contributed by atoms with van der Waals surface area (Å²) in [6.07, 6.45) is 0.687. The van der Waals surface area contributed by atoms with Crippen molar-refractivity contribution in [3.63, 3.8) is 0 Å². The van der Waals surface area contributed by atoms with Crippen molar-refractivity contribution in [1.29, 1.82) is 0 Å². The average Bonchev–Trinajstić information content (AvgIpc) is 2.90. The third kappa shape index (κ3) is 6.09. The van der Waals surface area contributed by atoms with Crippen molar-refractivity contribution in [2.24, 2.45) is 5.10 Å². The quantitative estimate of drug-likeness (QED) is 0.132. The number of fused-ring (bicyclic) bond motifs is 1. The Balaban J connectivity index is 1.52. The molecule has 182 valence electrons. The summed E-state index contributed by atoms with van der Waals surface area (Å²) in [5, 5.41) is 5.86. The van der Waals surface area contributed by atoms with Gasteiger partial charge in [0.2, 0.25) is 0 Å². The van der Waals surface area contributed by atoms with Crippen LogP contribution in [-0.4, -0.2) is 31.3 Å². The van der Waals surface area contributed by atoms with Crippen LogP contribution in [0.15, 0.2) is 94.5 Å². The molecule has 1 amide bonds. The van der Waals surface area contributed by atoms with Crippen molar-refractivity contribution >= 4 is 44.8 Å². The summed E-state index contributed by atoms with van der Waals surface area (Å²) < 4.78 is 17.4. The lowest BCUT2D eigenvalue weighted by atomic mass is 10.0. The topological polar surface area (TPSA) is 86.2 Å². The van der Waals surface area contributed by atoms with Gasteiger partial charge >= 0.3 is 5.97 Å². The molecule has 0 aliphatic heterocycles. The molecule has 8 heteroatoms. The number of esters is 1. The van der Waals surface area contributed by atoms with Gasteiger partial charge in [-0.1, -0.05) is 46.3 Å². The number of nitrogens with zero attached hydrogens (tertiary/aromatic N) is 1. The lowest BCUT2D eigenvalue weighted by molar-refractivity contribution is -0.127. The fourth-order valence-electron chi connectivity index (χ4n) is 3.41. The fraction of sp³-hybridized carbons (Fsp3) is 0.107. The predicted octanol–water partition coefficient (Wildman–Crippen LogP) is 5.75. The van der Waals surface area contributed by atoms with Crippen LogP contribution in [0.3, 0.4) is 0 Å². The standard InChI is InChI=1S/C28H23BrN2O5/c1-18(35-23-14-10-21(29)11-15-23)27(32)31-30-17-25-24-6-4-3-5-19(24)9-16-26(25)36-28(33)20-7-12-22(34-2)13-8-20/h3-18H,1-2H3,(H,31,32). The molecule has 0 saturated carbocycles. The number of carbonyl (C=O) groups excluding carboxylic acids is 2. The molecular formula is C28H23BrN2O5. The Morgan fingerprint density at radius 1 is 0.917 bits per heavy atom. The molecule has 0 heterocycles. The van der Waals surface area contributed by atoms with Gasteiger partial charge in [-0.2, -0.15) is 5.10 Å². The third-order valence-corrected chi connectivity index (χ3v) is 5.85. The van der Waals surface area contributed by atoms with E-state index in [1.807, 2.05) is 42.5 Å². The van der Waals surface area contributed by atoms with Gasteiger partial charge in [-0.15, -0.1) is 0 Å². The van der Waals surface area contributed by atoms with Gasteiger partial charge in [-0.05, 0) is 72.3 Å². The second kappa shape index (κ2) is 11.5. The maximum atomic E-state index is 12.8. The minimum absolute atomic E-state index is 0.312. The Hall–Kier alpha value is -4.17. The van der Waals surface area contributed by atoms with Crippen LogP contribution in [0.1, 0.15) is 22.8 Å². The first-order valence-electron chi connectivity index (χ1n) is 11.1. The van der Waals surface area contributed by atoms with Crippen LogP contribution in [0.5, 0.6) is 17.2 Å². The summed E-state index contributed by atoms with van der Waals surface area (Å²) >= 11 is 3.36. The van der Waals surface area contributed by atoms with Crippen LogP contribution >= 0.6 is 15.9 Å². The van der Waals surface area contributed by atoms with Crippen LogP contribution < -0.4 is 19.6 Å². The van der Waals surface area contributed by atoms with E-state index in [9.17, 15) is 9.59 Å². The number of hydrogen-bond acceptors (Lipinski definition) is 6. The first kappa shape index (κ1) is 24.9. The molecule has 0 radical (unpaired) electrons. The van der Waals surface area contributed by atoms with Gasteiger partial charge in [-0.25, -0.2) is 10.2 Å². The SMILES string of the molecule is COc1ccc(C(=O)Oc2ccc3ccccc3c2C=NNC(=O)C(C)Oc2ccc(Br)cc2)cc1. The molecule has 0 aliphatic carbocycles. The second-order valence-corrected chi connectivity index (χ2v) is 8.68. The highest BCUT2D eigenvalue weighted by atomic mass is 79.9. The molecule has 4 aromatic rings. The van der Waals surface area contributed by atoms with Crippen molar-refractivity contribution < 1.29 is 23.8 Å². The predicted molar refractivity (Wildman–Crippen MR) is 142 cm³/mol. The maximum Gasteiger partial charge on any atom is 0.343 e. The summed E-state index contributed by atoms with van der Waals surface area (Å²) in [5.74, 6) is 0.562. The number of nitrogens with one attached hydrogen (secondary N) is 1. The zero-order valence-corrected chi connectivity index (χ0v) is 21.2. The van der Waals surface area contributed by atoms with Gasteiger partial charge in [0, 0.05) is 10.0 Å². The van der Waals surface area contributed by atoms with E-state index in [4.69, 9.17) is 14.2 Å². The number of carbonyl (C=O) groups is 2. The highest BCUT2D eigenvalue weighted by Gasteiger charge is 2.16. The van der Waals surface area contributed by atoms with Crippen LogP contribution in [0.4, 0.5) is 0 Å². The number of halogens is 1. The Bertz CT molecular complexity index is 1400. The van der Waals surface area contributed by atoms with E-state index in [2.05, 4.69) is 26.5 Å². The summed E-state index contributed by atoms with van der Waals surface area (Å²) in [4.78, 5) is 25.3. The zero-order valence-electron chi connectivity index (χ0n) is 19.6. The highest BCUT2D eigenvalue weighted by Crippen LogP contribution is 2.27. The Kier molecular flexibility index (Phi) is 7.97. The molecular weight excluding hydrogens is 524 g/mol. The minimum Gasteiger partial charge on any atom is -0.497 e. The molecule has 0 bridgehead atoms. The first-order valence-corrected chi connectivity index (χ1v) is 11.9. The summed E-state index contributed by atoms with van der Waals surface area (Å²) in [6, 6.07) is 25.0. The van der Waals surface area contributed by atoms with Crippen molar-refractivity contribution in [1.82, 2.24) is 5.43 Å². The smallest absolute Gasteiger partial charge is 0.343 e. The van der Waals surface area contributed by atoms with Crippen molar-refractivity contribution in [3.8, 4) is 17.2 Å². The van der Waals surface area contributed by atoms with Crippen LogP contribution in [0, 0.1) is 0 Å². The van der Waals surface area contributed by atoms with E-state index < -0.39 is 18.0 Å². The number of hydrogen-bond donors (Lipinski definition) is 1. The van der Waals surface area contributed by atoms with Crippen LogP contribution in [0.2, 0.25) is 0 Å². The average molecular weight is 547 g/mol. The lowest BCUT2D eigenvalue weighted by Gasteiger charge is -2.13. The van der Waals surface area contributed by atoms with Gasteiger partial charge < -0.3 is 14.2 Å². The lowest BCUT2D eigenvalue weighted by Crippen LogP contribution is -2.33. The van der Waals surface area contributed by atoms with E-state index in [0.717, 1.165) is 15.2 Å². The summed E-state index contributed by atoms with van der Waals surface area (Å²) in [5.41, 5.74) is 3.42. The molecule has 1 atom stereocenters. The number of hydrazone groups is 1. The molecule has 0 aromatic heterocycles. The Labute approximate surface area is 216 Å². The molecule has 1 unspecified atom stereocenters. The van der Waals surface area contributed by atoms with E-state index in [1.54, 1.807) is 56.5 Å². The van der Waals surface area contributed by atoms with Gasteiger partial charge in [-0.3, -0.25) is 4.79 Å². The van der Waals surface area contributed by atoms with Gasteiger partial charge in [0.15, 0.2) is 6.10 Å². The van der Waals surface area contributed by atoms with Crippen LogP contribution in [-0.2, 0) is 4.79 Å². The van der Waals surface area contributed by atoms with E-state index in [0.29, 0.717) is 28.4 Å². The Morgan fingerprint density at radius 3 is 2.33 bits per heavy atom. The Morgan fingerprint density at radius 2 is 1.61 bits per heavy atom. The normalized spacial score (nSPS) is 11.8. The molecule has 4 aromatic carbocycles. The van der Waals surface area contributed by atoms with Gasteiger partial charge in [0.1, 0.15) is 17.2 Å². The molecule has 0 spiro atoms. The number of ether oxygens (including phenoxy) is 3. The van der Waals surface area contributed by atoms with Gasteiger partial charge in [0.25, 0.3) is 5.91 Å². The van der Waals surface area contributed by atoms with Crippen LogP contribution in [0.25, 0.3) is 10.8 Å². The zero-order chi connectivity index (χ0) is 25.5. The summed E-state index contributed by atoms with van der Waals surface area (Å²) in [7, 11) is 1.56.